The van der Waals surface area contributed by atoms with E-state index in [2.05, 4.69) is 26.3 Å². The van der Waals surface area contributed by atoms with Gasteiger partial charge in [0.05, 0.1) is 33.4 Å². The number of rotatable bonds is 7. The highest BCUT2D eigenvalue weighted by Crippen LogP contribution is 2.34. The molecule has 1 saturated heterocycles. The van der Waals surface area contributed by atoms with E-state index in [4.69, 9.17) is 4.74 Å². The zero-order chi connectivity index (χ0) is 23.5. The highest BCUT2D eigenvalue weighted by Gasteiger charge is 2.37. The smallest absolute Gasteiger partial charge is 0.241 e. The molecule has 2 atom stereocenters. The van der Waals surface area contributed by atoms with Crippen LogP contribution >= 0.6 is 23.1 Å². The molecule has 0 unspecified atom stereocenters. The molecular weight excluding hydrogens is 464 g/mol. The molecule has 0 spiro atoms. The van der Waals surface area contributed by atoms with Crippen LogP contribution in [0.3, 0.4) is 0 Å². The number of carbonyl (C=O) groups excluding carboxylic acids is 1. The van der Waals surface area contributed by atoms with Gasteiger partial charge < -0.3 is 10.1 Å². The van der Waals surface area contributed by atoms with E-state index in [1.54, 1.807) is 30.2 Å². The molecule has 2 aromatic heterocycles. The van der Waals surface area contributed by atoms with Crippen LogP contribution in [0.2, 0.25) is 0 Å². The van der Waals surface area contributed by atoms with Crippen molar-refractivity contribution >= 4 is 44.9 Å². The lowest BCUT2D eigenvalue weighted by Crippen LogP contribution is -2.39. The summed E-state index contributed by atoms with van der Waals surface area (Å²) in [5.41, 5.74) is 2.83. The molecule has 0 radical (unpaired) electrons. The molecule has 1 N–H and O–H groups in total. The molecule has 8 heteroatoms. The van der Waals surface area contributed by atoms with Crippen LogP contribution in [0, 0.1) is 6.92 Å². The van der Waals surface area contributed by atoms with Gasteiger partial charge in [-0.1, -0.05) is 18.2 Å². The second-order valence-electron chi connectivity index (χ2n) is 8.34. The van der Waals surface area contributed by atoms with Crippen LogP contribution < -0.4 is 10.1 Å². The van der Waals surface area contributed by atoms with Crippen molar-refractivity contribution in [2.75, 3.05) is 19.0 Å². The topological polar surface area (TPSA) is 67.3 Å². The Kier molecular flexibility index (Phi) is 6.80. The lowest BCUT2D eigenvalue weighted by atomic mass is 10.1. The van der Waals surface area contributed by atoms with E-state index in [1.807, 2.05) is 67.7 Å². The molecular formula is C26H26N4O2S2. The predicted molar refractivity (Wildman–Crippen MR) is 139 cm³/mol. The minimum Gasteiger partial charge on any atom is -0.497 e. The number of thioether (sulfide) groups is 1. The van der Waals surface area contributed by atoms with Gasteiger partial charge in [-0.15, -0.1) is 23.1 Å². The van der Waals surface area contributed by atoms with Crippen LogP contribution in [0.4, 0.5) is 5.69 Å². The number of methoxy groups -OCH3 is 1. The molecule has 2 aromatic carbocycles. The number of carbonyl (C=O) groups is 1. The van der Waals surface area contributed by atoms with Gasteiger partial charge in [0.25, 0.3) is 0 Å². The van der Waals surface area contributed by atoms with Crippen LogP contribution in [-0.2, 0) is 11.3 Å². The Balaban J connectivity index is 1.35. The van der Waals surface area contributed by atoms with Gasteiger partial charge in [-0.25, -0.2) is 9.97 Å². The zero-order valence-electron chi connectivity index (χ0n) is 19.1. The average Bonchev–Trinajstić information content (AvgIpc) is 3.41. The van der Waals surface area contributed by atoms with Crippen molar-refractivity contribution in [1.29, 1.82) is 0 Å². The molecule has 34 heavy (non-hydrogen) atoms. The summed E-state index contributed by atoms with van der Waals surface area (Å²) < 4.78 is 6.52. The standard InChI is InChI=1S/C26H26N4O2S2/c1-17-28-22-13-19(9-10-24(22)33-17)29-26(31)23-14-21(34-25-8-3-4-11-27-25)16-30(23)15-18-6-5-7-20(12-18)32-2/h3-13,21,23H,14-16H2,1-2H3,(H,29,31)/t21-,23+/m1/s1. The van der Waals surface area contributed by atoms with Gasteiger partial charge in [0.15, 0.2) is 0 Å². The third kappa shape index (κ3) is 5.24. The van der Waals surface area contributed by atoms with Gasteiger partial charge in [-0.3, -0.25) is 9.69 Å². The van der Waals surface area contributed by atoms with Crippen molar-refractivity contribution in [3.8, 4) is 5.75 Å². The molecule has 5 rings (SSSR count). The third-order valence-electron chi connectivity index (χ3n) is 5.87. The maximum absolute atomic E-state index is 13.5. The fraction of sp³-hybridized carbons (Fsp3) is 0.269. The van der Waals surface area contributed by atoms with Crippen molar-refractivity contribution in [1.82, 2.24) is 14.9 Å². The molecule has 1 fully saturated rings. The summed E-state index contributed by atoms with van der Waals surface area (Å²) in [4.78, 5) is 24.7. The normalized spacial score (nSPS) is 18.3. The molecule has 4 aromatic rings. The maximum atomic E-state index is 13.5. The molecule has 1 amide bonds. The summed E-state index contributed by atoms with van der Waals surface area (Å²) in [6, 6.07) is 19.7. The number of nitrogens with zero attached hydrogens (tertiary/aromatic N) is 3. The molecule has 174 valence electrons. The third-order valence-corrected chi connectivity index (χ3v) is 7.98. The van der Waals surface area contributed by atoms with Gasteiger partial charge in [0.1, 0.15) is 5.75 Å². The quantitative estimate of drug-likeness (QED) is 0.375. The largest absolute Gasteiger partial charge is 0.497 e. The fourth-order valence-corrected chi connectivity index (χ4v) is 6.31. The summed E-state index contributed by atoms with van der Waals surface area (Å²) in [5.74, 6) is 0.835. The van der Waals surface area contributed by atoms with Crippen LogP contribution in [0.5, 0.6) is 5.75 Å². The first-order valence-corrected chi connectivity index (χ1v) is 12.9. The Labute approximate surface area is 207 Å². The van der Waals surface area contributed by atoms with E-state index in [9.17, 15) is 4.79 Å². The van der Waals surface area contributed by atoms with Crippen LogP contribution in [0.15, 0.2) is 71.9 Å². The SMILES string of the molecule is COc1cccc(CN2C[C@H](Sc3ccccn3)C[C@H]2C(=O)Nc2ccc3sc(C)nc3c2)c1. The Morgan fingerprint density at radius 3 is 2.94 bits per heavy atom. The Hall–Kier alpha value is -2.94. The van der Waals surface area contributed by atoms with Crippen molar-refractivity contribution in [2.45, 2.75) is 36.2 Å². The van der Waals surface area contributed by atoms with E-state index in [1.165, 1.54) is 0 Å². The number of ether oxygens (including phenoxy) is 1. The first kappa shape index (κ1) is 22.8. The van der Waals surface area contributed by atoms with E-state index < -0.39 is 0 Å². The van der Waals surface area contributed by atoms with Crippen molar-refractivity contribution in [3.63, 3.8) is 0 Å². The maximum Gasteiger partial charge on any atom is 0.241 e. The highest BCUT2D eigenvalue weighted by molar-refractivity contribution is 7.99. The minimum atomic E-state index is -0.236. The number of hydrogen-bond acceptors (Lipinski definition) is 7. The van der Waals surface area contributed by atoms with Crippen molar-refractivity contribution in [3.05, 3.63) is 77.4 Å². The number of pyridine rings is 1. The summed E-state index contributed by atoms with van der Waals surface area (Å²) in [6.07, 6.45) is 2.57. The Bertz CT molecular complexity index is 1290. The molecule has 0 aliphatic carbocycles. The molecule has 3 heterocycles. The van der Waals surface area contributed by atoms with E-state index >= 15 is 0 Å². The van der Waals surface area contributed by atoms with E-state index in [0.29, 0.717) is 6.54 Å². The predicted octanol–water partition coefficient (Wildman–Crippen LogP) is 5.38. The number of likely N-dealkylation sites (tertiary alicyclic amines) is 1. The first-order valence-electron chi connectivity index (χ1n) is 11.2. The fourth-order valence-electron chi connectivity index (χ4n) is 4.33. The van der Waals surface area contributed by atoms with Crippen molar-refractivity contribution in [2.24, 2.45) is 0 Å². The lowest BCUT2D eigenvalue weighted by molar-refractivity contribution is -0.120. The number of anilines is 1. The summed E-state index contributed by atoms with van der Waals surface area (Å²) in [5, 5.41) is 5.43. The Morgan fingerprint density at radius 1 is 1.21 bits per heavy atom. The molecule has 1 aliphatic rings. The average molecular weight is 491 g/mol. The van der Waals surface area contributed by atoms with Gasteiger partial charge in [0, 0.05) is 30.2 Å². The number of amides is 1. The van der Waals surface area contributed by atoms with Crippen molar-refractivity contribution < 1.29 is 9.53 Å². The number of thiazole rings is 1. The summed E-state index contributed by atoms with van der Waals surface area (Å²) in [6.45, 7) is 3.48. The second-order valence-corrected chi connectivity index (χ2v) is 10.9. The molecule has 6 nitrogen and oxygen atoms in total. The number of fused-ring (bicyclic) bond motifs is 1. The number of aromatic nitrogens is 2. The van der Waals surface area contributed by atoms with E-state index in [-0.39, 0.29) is 17.2 Å². The minimum absolute atomic E-state index is 0.0123. The summed E-state index contributed by atoms with van der Waals surface area (Å²) >= 11 is 3.40. The molecule has 0 saturated carbocycles. The van der Waals surface area contributed by atoms with Gasteiger partial charge in [0.2, 0.25) is 5.91 Å². The first-order chi connectivity index (χ1) is 16.6. The van der Waals surface area contributed by atoms with E-state index in [0.717, 1.165) is 50.2 Å². The zero-order valence-corrected chi connectivity index (χ0v) is 20.7. The number of benzene rings is 2. The van der Waals surface area contributed by atoms with Crippen LogP contribution in [-0.4, -0.2) is 45.7 Å². The van der Waals surface area contributed by atoms with Crippen LogP contribution in [0.1, 0.15) is 17.0 Å². The monoisotopic (exact) mass is 490 g/mol. The number of hydrogen-bond donors (Lipinski definition) is 1. The molecule has 1 aliphatic heterocycles. The number of nitrogens with one attached hydrogen (secondary N) is 1. The highest BCUT2D eigenvalue weighted by atomic mass is 32.2. The Morgan fingerprint density at radius 2 is 2.12 bits per heavy atom. The summed E-state index contributed by atoms with van der Waals surface area (Å²) in [7, 11) is 1.67. The number of aryl methyl sites for hydroxylation is 1. The second kappa shape index (κ2) is 10.1. The van der Waals surface area contributed by atoms with Gasteiger partial charge in [-0.05, 0) is 61.4 Å². The molecule has 0 bridgehead atoms. The van der Waals surface area contributed by atoms with Crippen LogP contribution in [0.25, 0.3) is 10.2 Å². The van der Waals surface area contributed by atoms with Gasteiger partial charge in [-0.2, -0.15) is 0 Å². The lowest BCUT2D eigenvalue weighted by Gasteiger charge is -2.24. The van der Waals surface area contributed by atoms with Gasteiger partial charge >= 0.3 is 0 Å².